The van der Waals surface area contributed by atoms with Crippen LogP contribution >= 0.6 is 0 Å². The van der Waals surface area contributed by atoms with E-state index >= 15 is 0 Å². The summed E-state index contributed by atoms with van der Waals surface area (Å²) in [5, 5.41) is 2.31. The van der Waals surface area contributed by atoms with Gasteiger partial charge in [-0.1, -0.05) is 30.3 Å². The summed E-state index contributed by atoms with van der Waals surface area (Å²) < 4.78 is 0. The standard InChI is InChI=1S/C26H28N4O4/c27-16-26(19-4-2-1-3-5-19)10-12-29(13-11-26)24(33)17-6-7-20-18(14-17)15-30(25(20)34)21-8-9-22(31)28-23(21)32/h1-7,14,21H,8-13,15-16,27H2,(H,28,31,32). The summed E-state index contributed by atoms with van der Waals surface area (Å²) >= 11 is 0. The molecule has 3 N–H and O–H groups in total. The topological polar surface area (TPSA) is 113 Å². The molecule has 0 aliphatic carbocycles. The number of carbonyl (C=O) groups excluding carboxylic acids is 4. The molecule has 0 spiro atoms. The molecule has 1 unspecified atom stereocenters. The first kappa shape index (κ1) is 22.3. The molecule has 3 aliphatic rings. The monoisotopic (exact) mass is 460 g/mol. The van der Waals surface area contributed by atoms with E-state index in [4.69, 9.17) is 5.73 Å². The molecule has 0 radical (unpaired) electrons. The Labute approximate surface area is 198 Å². The van der Waals surface area contributed by atoms with Crippen molar-refractivity contribution in [3.63, 3.8) is 0 Å². The number of nitrogens with two attached hydrogens (primary N) is 1. The Bertz CT molecular complexity index is 1150. The molecule has 8 nitrogen and oxygen atoms in total. The zero-order valence-corrected chi connectivity index (χ0v) is 19.0. The van der Waals surface area contributed by atoms with E-state index in [0.29, 0.717) is 37.2 Å². The number of imide groups is 1. The number of piperidine rings is 2. The van der Waals surface area contributed by atoms with Crippen LogP contribution in [-0.4, -0.2) is 59.1 Å². The minimum atomic E-state index is -0.666. The number of hydrogen-bond acceptors (Lipinski definition) is 5. The van der Waals surface area contributed by atoms with Crippen LogP contribution in [0.1, 0.15) is 57.5 Å². The van der Waals surface area contributed by atoms with E-state index in [2.05, 4.69) is 17.4 Å². The lowest BCUT2D eigenvalue weighted by molar-refractivity contribution is -0.136. The molecular formula is C26H28N4O4. The molecule has 8 heteroatoms. The second kappa shape index (κ2) is 8.68. The van der Waals surface area contributed by atoms with Gasteiger partial charge in [-0.3, -0.25) is 24.5 Å². The average Bonchev–Trinajstić information content (AvgIpc) is 3.19. The van der Waals surface area contributed by atoms with Crippen molar-refractivity contribution in [1.82, 2.24) is 15.1 Å². The van der Waals surface area contributed by atoms with Gasteiger partial charge in [-0.25, -0.2) is 0 Å². The van der Waals surface area contributed by atoms with E-state index < -0.39 is 11.9 Å². The fourth-order valence-corrected chi connectivity index (χ4v) is 5.43. The zero-order chi connectivity index (χ0) is 23.9. The Morgan fingerprint density at radius 1 is 1.06 bits per heavy atom. The van der Waals surface area contributed by atoms with Crippen LogP contribution in [0.2, 0.25) is 0 Å². The molecule has 3 aliphatic heterocycles. The summed E-state index contributed by atoms with van der Waals surface area (Å²) in [5.41, 5.74) is 9.06. The highest BCUT2D eigenvalue weighted by Crippen LogP contribution is 2.35. The second-order valence-corrected chi connectivity index (χ2v) is 9.41. The fourth-order valence-electron chi connectivity index (χ4n) is 5.43. The van der Waals surface area contributed by atoms with Crippen molar-refractivity contribution in [3.8, 4) is 0 Å². The molecule has 2 aromatic carbocycles. The Kier molecular flexibility index (Phi) is 5.69. The average molecular weight is 461 g/mol. The van der Waals surface area contributed by atoms with Crippen LogP contribution in [0, 0.1) is 0 Å². The minimum Gasteiger partial charge on any atom is -0.339 e. The molecule has 4 amide bonds. The lowest BCUT2D eigenvalue weighted by Crippen LogP contribution is -2.52. The molecule has 1 atom stereocenters. The van der Waals surface area contributed by atoms with Crippen LogP contribution in [0.15, 0.2) is 48.5 Å². The molecule has 3 heterocycles. The Morgan fingerprint density at radius 3 is 2.47 bits per heavy atom. The van der Waals surface area contributed by atoms with E-state index in [1.165, 1.54) is 10.5 Å². The van der Waals surface area contributed by atoms with Crippen LogP contribution in [0.3, 0.4) is 0 Å². The number of nitrogens with one attached hydrogen (secondary N) is 1. The maximum Gasteiger partial charge on any atom is 0.255 e. The third-order valence-corrected chi connectivity index (χ3v) is 7.56. The first-order chi connectivity index (χ1) is 16.4. The number of likely N-dealkylation sites (tertiary alicyclic amines) is 1. The van der Waals surface area contributed by atoms with Gasteiger partial charge < -0.3 is 15.5 Å². The fraction of sp³-hybridized carbons (Fsp3) is 0.385. The number of nitrogens with zero attached hydrogens (tertiary/aromatic N) is 2. The molecule has 176 valence electrons. The third-order valence-electron chi connectivity index (χ3n) is 7.56. The summed E-state index contributed by atoms with van der Waals surface area (Å²) in [6.45, 7) is 2.02. The van der Waals surface area contributed by atoms with Gasteiger partial charge in [0.1, 0.15) is 6.04 Å². The van der Waals surface area contributed by atoms with Crippen molar-refractivity contribution >= 4 is 23.6 Å². The lowest BCUT2D eigenvalue weighted by Gasteiger charge is -2.41. The Hall–Kier alpha value is -3.52. The highest BCUT2D eigenvalue weighted by Gasteiger charge is 2.40. The molecule has 2 fully saturated rings. The molecule has 0 bridgehead atoms. The lowest BCUT2D eigenvalue weighted by atomic mass is 9.73. The Balaban J connectivity index is 1.29. The normalized spacial score (nSPS) is 21.9. The third kappa shape index (κ3) is 3.77. The van der Waals surface area contributed by atoms with Crippen LogP contribution in [0.4, 0.5) is 0 Å². The van der Waals surface area contributed by atoms with Crippen LogP contribution in [0.25, 0.3) is 0 Å². The zero-order valence-electron chi connectivity index (χ0n) is 19.0. The van der Waals surface area contributed by atoms with Crippen LogP contribution in [0.5, 0.6) is 0 Å². The van der Waals surface area contributed by atoms with E-state index in [0.717, 1.165) is 18.4 Å². The number of carbonyl (C=O) groups is 4. The summed E-state index contributed by atoms with van der Waals surface area (Å²) in [6.07, 6.45) is 2.12. The van der Waals surface area contributed by atoms with Crippen molar-refractivity contribution in [1.29, 1.82) is 0 Å². The van der Waals surface area contributed by atoms with Crippen molar-refractivity contribution < 1.29 is 19.2 Å². The molecule has 0 saturated carbocycles. The molecule has 2 saturated heterocycles. The van der Waals surface area contributed by atoms with Gasteiger partial charge in [0, 0.05) is 49.1 Å². The van der Waals surface area contributed by atoms with Crippen molar-refractivity contribution in [2.24, 2.45) is 5.73 Å². The van der Waals surface area contributed by atoms with Crippen molar-refractivity contribution in [2.45, 2.75) is 43.7 Å². The SMILES string of the molecule is NCC1(c2ccccc2)CCN(C(=O)c2ccc3c(c2)CN(C2CCC(=O)NC2=O)C3=O)CC1. The highest BCUT2D eigenvalue weighted by molar-refractivity contribution is 6.06. The maximum absolute atomic E-state index is 13.3. The Morgan fingerprint density at radius 2 is 1.79 bits per heavy atom. The molecule has 0 aromatic heterocycles. The largest absolute Gasteiger partial charge is 0.339 e. The highest BCUT2D eigenvalue weighted by atomic mass is 16.2. The number of rotatable bonds is 4. The van der Waals surface area contributed by atoms with Gasteiger partial charge in [-0.2, -0.15) is 0 Å². The van der Waals surface area contributed by atoms with Crippen LogP contribution in [-0.2, 0) is 21.5 Å². The van der Waals surface area contributed by atoms with Gasteiger partial charge in [0.05, 0.1) is 0 Å². The van der Waals surface area contributed by atoms with Gasteiger partial charge in [-0.15, -0.1) is 0 Å². The van der Waals surface area contributed by atoms with Gasteiger partial charge in [0.15, 0.2) is 0 Å². The van der Waals surface area contributed by atoms with Gasteiger partial charge in [-0.05, 0) is 48.6 Å². The van der Waals surface area contributed by atoms with Crippen molar-refractivity contribution in [2.75, 3.05) is 19.6 Å². The molecule has 34 heavy (non-hydrogen) atoms. The van der Waals surface area contributed by atoms with Gasteiger partial charge >= 0.3 is 0 Å². The second-order valence-electron chi connectivity index (χ2n) is 9.41. The maximum atomic E-state index is 13.3. The first-order valence-corrected chi connectivity index (χ1v) is 11.7. The summed E-state index contributed by atoms with van der Waals surface area (Å²) in [5.74, 6) is -1.06. The molecule has 2 aromatic rings. The predicted molar refractivity (Wildman–Crippen MR) is 125 cm³/mol. The molecule has 5 rings (SSSR count). The van der Waals surface area contributed by atoms with E-state index in [1.54, 1.807) is 18.2 Å². The van der Waals surface area contributed by atoms with Gasteiger partial charge in [0.2, 0.25) is 11.8 Å². The minimum absolute atomic E-state index is 0.0617. The van der Waals surface area contributed by atoms with E-state index in [9.17, 15) is 19.2 Å². The number of fused-ring (bicyclic) bond motifs is 1. The quantitative estimate of drug-likeness (QED) is 0.673. The predicted octanol–water partition coefficient (Wildman–Crippen LogP) is 1.58. The summed E-state index contributed by atoms with van der Waals surface area (Å²) in [4.78, 5) is 53.2. The van der Waals surface area contributed by atoms with Gasteiger partial charge in [0.25, 0.3) is 11.8 Å². The van der Waals surface area contributed by atoms with Crippen LogP contribution < -0.4 is 11.1 Å². The first-order valence-electron chi connectivity index (χ1n) is 11.7. The number of amides is 4. The smallest absolute Gasteiger partial charge is 0.255 e. The van der Waals surface area contributed by atoms with E-state index in [1.807, 2.05) is 23.1 Å². The molecular weight excluding hydrogens is 432 g/mol. The number of benzene rings is 2. The summed E-state index contributed by atoms with van der Waals surface area (Å²) in [7, 11) is 0. The summed E-state index contributed by atoms with van der Waals surface area (Å²) in [6, 6.07) is 14.7. The number of hydrogen-bond donors (Lipinski definition) is 2. The van der Waals surface area contributed by atoms with Crippen molar-refractivity contribution in [3.05, 3.63) is 70.8 Å². The van der Waals surface area contributed by atoms with E-state index in [-0.39, 0.29) is 36.1 Å².